The lowest BCUT2D eigenvalue weighted by atomic mass is 9.88. The average molecular weight is 486 g/mol. The molecule has 10 heteroatoms. The van der Waals surface area contributed by atoms with Crippen LogP contribution in [-0.2, 0) is 26.1 Å². The number of fused-ring (bicyclic) bond motifs is 1. The van der Waals surface area contributed by atoms with Crippen LogP contribution >= 0.6 is 12.4 Å². The van der Waals surface area contributed by atoms with E-state index in [1.165, 1.54) is 0 Å². The average Bonchev–Trinajstić information content (AvgIpc) is 3.24. The molecule has 0 unspecified atom stereocenters. The Hall–Kier alpha value is -1.68. The molecule has 0 saturated carbocycles. The lowest BCUT2D eigenvalue weighted by molar-refractivity contribution is -0.129. The molecule has 1 aromatic carbocycles. The molecule has 0 bridgehead atoms. The fourth-order valence-electron chi connectivity index (χ4n) is 5.21. The first-order valence-electron chi connectivity index (χ1n) is 10.9. The van der Waals surface area contributed by atoms with Gasteiger partial charge in [-0.15, -0.1) is 12.4 Å². The lowest BCUT2D eigenvalue weighted by Crippen LogP contribution is -2.44. The number of ether oxygens (including phenoxy) is 1. The Morgan fingerprint density at radius 2 is 1.75 bits per heavy atom. The number of benzene rings is 1. The largest absolute Gasteiger partial charge is 0.379 e. The van der Waals surface area contributed by atoms with Gasteiger partial charge in [-0.3, -0.25) is 14.5 Å². The van der Waals surface area contributed by atoms with E-state index in [1.807, 2.05) is 38.1 Å². The summed E-state index contributed by atoms with van der Waals surface area (Å²) in [5, 5.41) is 0. The van der Waals surface area contributed by atoms with E-state index >= 15 is 0 Å². The first-order chi connectivity index (χ1) is 14.7. The molecule has 3 saturated heterocycles. The van der Waals surface area contributed by atoms with E-state index in [9.17, 15) is 18.0 Å². The molecule has 0 N–H and O–H groups in total. The molecule has 0 aromatic heterocycles. The van der Waals surface area contributed by atoms with Crippen LogP contribution in [0.5, 0.6) is 0 Å². The Bertz CT molecular complexity index is 947. The summed E-state index contributed by atoms with van der Waals surface area (Å²) in [5.74, 6) is -1.09. The Morgan fingerprint density at radius 1 is 1.12 bits per heavy atom. The minimum absolute atomic E-state index is 0. The minimum atomic E-state index is -3.67. The third kappa shape index (κ3) is 4.66. The summed E-state index contributed by atoms with van der Waals surface area (Å²) in [6.07, 6.45) is 1.55. The molecule has 178 valence electrons. The predicted octanol–water partition coefficient (Wildman–Crippen LogP) is 1.60. The third-order valence-corrected chi connectivity index (χ3v) is 7.80. The highest BCUT2D eigenvalue weighted by Gasteiger charge is 2.58. The van der Waals surface area contributed by atoms with Crippen molar-refractivity contribution in [3.63, 3.8) is 0 Å². The SMILES string of the molecule is CC(C)[C@H]1C(=O)N(S(C)(=O)=O)[C@H]2CCN(C(=O)c3ccc(CN4CCOCC4)cc3)[C@H]12.Cl. The zero-order valence-electron chi connectivity index (χ0n) is 18.8. The Kier molecular flexibility index (Phi) is 7.54. The molecule has 3 atom stereocenters. The molecule has 3 fully saturated rings. The maximum absolute atomic E-state index is 13.3. The number of amides is 2. The zero-order chi connectivity index (χ0) is 22.3. The topological polar surface area (TPSA) is 87.2 Å². The minimum Gasteiger partial charge on any atom is -0.379 e. The number of carbonyl (C=O) groups is 2. The van der Waals surface area contributed by atoms with E-state index in [-0.39, 0.29) is 30.1 Å². The van der Waals surface area contributed by atoms with Crippen molar-refractivity contribution in [3.05, 3.63) is 35.4 Å². The maximum atomic E-state index is 13.3. The molecule has 0 aliphatic carbocycles. The van der Waals surface area contributed by atoms with Crippen LogP contribution in [0.1, 0.15) is 36.2 Å². The predicted molar refractivity (Wildman–Crippen MR) is 123 cm³/mol. The number of morpholine rings is 1. The highest BCUT2D eigenvalue weighted by molar-refractivity contribution is 7.88. The molecule has 0 radical (unpaired) electrons. The van der Waals surface area contributed by atoms with E-state index in [1.54, 1.807) is 4.90 Å². The van der Waals surface area contributed by atoms with Crippen LogP contribution in [0.25, 0.3) is 0 Å². The van der Waals surface area contributed by atoms with E-state index in [0.29, 0.717) is 18.5 Å². The number of halogens is 1. The first-order valence-corrected chi connectivity index (χ1v) is 12.8. The summed E-state index contributed by atoms with van der Waals surface area (Å²) in [7, 11) is -3.67. The van der Waals surface area contributed by atoms with Gasteiger partial charge in [0.25, 0.3) is 5.91 Å². The van der Waals surface area contributed by atoms with Crippen molar-refractivity contribution in [1.82, 2.24) is 14.1 Å². The number of sulfonamides is 1. The van der Waals surface area contributed by atoms with Crippen molar-refractivity contribution in [3.8, 4) is 0 Å². The Labute approximate surface area is 196 Å². The van der Waals surface area contributed by atoms with E-state index in [0.717, 1.165) is 49.0 Å². The highest BCUT2D eigenvalue weighted by Crippen LogP contribution is 2.41. The van der Waals surface area contributed by atoms with Crippen molar-refractivity contribution in [1.29, 1.82) is 0 Å². The molecule has 2 amide bonds. The van der Waals surface area contributed by atoms with Gasteiger partial charge in [-0.05, 0) is 30.0 Å². The standard InChI is InChI=1S/C22H31N3O5S.ClH/c1-15(2)19-20-18(25(22(19)27)31(3,28)29)8-9-24(20)21(26)17-6-4-16(5-7-17)14-23-10-12-30-13-11-23;/h4-7,15,18-20H,8-14H2,1-3H3;1H/t18-,19+,20-;/m0./s1. The van der Waals surface area contributed by atoms with Crippen LogP contribution in [0, 0.1) is 11.8 Å². The Morgan fingerprint density at radius 3 is 2.31 bits per heavy atom. The highest BCUT2D eigenvalue weighted by atomic mass is 35.5. The molecule has 0 spiro atoms. The van der Waals surface area contributed by atoms with Crippen molar-refractivity contribution in [2.24, 2.45) is 11.8 Å². The van der Waals surface area contributed by atoms with Gasteiger partial charge in [0.05, 0.1) is 37.5 Å². The Balaban J connectivity index is 0.00000289. The van der Waals surface area contributed by atoms with Crippen molar-refractivity contribution < 1.29 is 22.7 Å². The van der Waals surface area contributed by atoms with Crippen LogP contribution in [0.2, 0.25) is 0 Å². The second-order valence-electron chi connectivity index (χ2n) is 9.10. The van der Waals surface area contributed by atoms with Gasteiger partial charge in [0.1, 0.15) is 0 Å². The van der Waals surface area contributed by atoms with Crippen LogP contribution in [0.3, 0.4) is 0 Å². The van der Waals surface area contributed by atoms with Crippen molar-refractivity contribution in [2.45, 2.75) is 38.9 Å². The summed E-state index contributed by atoms with van der Waals surface area (Å²) in [6, 6.07) is 6.72. The summed E-state index contributed by atoms with van der Waals surface area (Å²) >= 11 is 0. The molecule has 3 heterocycles. The first kappa shape index (κ1) is 25.0. The van der Waals surface area contributed by atoms with Gasteiger partial charge in [0, 0.05) is 31.7 Å². The van der Waals surface area contributed by atoms with Gasteiger partial charge >= 0.3 is 0 Å². The van der Waals surface area contributed by atoms with E-state index in [2.05, 4.69) is 4.90 Å². The number of carbonyl (C=O) groups excluding carboxylic acids is 2. The fraction of sp³-hybridized carbons (Fsp3) is 0.636. The van der Waals surface area contributed by atoms with E-state index < -0.39 is 28.0 Å². The second-order valence-corrected chi connectivity index (χ2v) is 11.0. The molecule has 4 rings (SSSR count). The summed E-state index contributed by atoms with van der Waals surface area (Å²) < 4.78 is 31.0. The van der Waals surface area contributed by atoms with Gasteiger partial charge in [0.2, 0.25) is 15.9 Å². The molecular formula is C22H32ClN3O5S. The quantitative estimate of drug-likeness (QED) is 0.629. The van der Waals surface area contributed by atoms with Gasteiger partial charge < -0.3 is 9.64 Å². The van der Waals surface area contributed by atoms with Crippen LogP contribution in [0.15, 0.2) is 24.3 Å². The summed E-state index contributed by atoms with van der Waals surface area (Å²) in [6.45, 7) is 8.38. The third-order valence-electron chi connectivity index (χ3n) is 6.64. The van der Waals surface area contributed by atoms with Gasteiger partial charge in [-0.25, -0.2) is 12.7 Å². The number of hydrogen-bond acceptors (Lipinski definition) is 6. The van der Waals surface area contributed by atoms with Gasteiger partial charge in [-0.1, -0.05) is 26.0 Å². The number of nitrogens with zero attached hydrogens (tertiary/aromatic N) is 3. The number of hydrogen-bond donors (Lipinski definition) is 0. The molecule has 3 aliphatic rings. The molecular weight excluding hydrogens is 454 g/mol. The van der Waals surface area contributed by atoms with Crippen LogP contribution in [-0.4, -0.2) is 85.5 Å². The number of rotatable bonds is 5. The lowest BCUT2D eigenvalue weighted by Gasteiger charge is -2.29. The zero-order valence-corrected chi connectivity index (χ0v) is 20.4. The number of likely N-dealkylation sites (tertiary alicyclic amines) is 1. The summed E-state index contributed by atoms with van der Waals surface area (Å²) in [4.78, 5) is 30.3. The van der Waals surface area contributed by atoms with E-state index in [4.69, 9.17) is 4.74 Å². The monoisotopic (exact) mass is 485 g/mol. The molecule has 3 aliphatic heterocycles. The smallest absolute Gasteiger partial charge is 0.254 e. The molecule has 1 aromatic rings. The maximum Gasteiger partial charge on any atom is 0.254 e. The van der Waals surface area contributed by atoms with Gasteiger partial charge in [-0.2, -0.15) is 0 Å². The van der Waals surface area contributed by atoms with Crippen LogP contribution < -0.4 is 0 Å². The van der Waals surface area contributed by atoms with Crippen molar-refractivity contribution >= 4 is 34.2 Å². The molecule has 32 heavy (non-hydrogen) atoms. The van der Waals surface area contributed by atoms with Crippen LogP contribution in [0.4, 0.5) is 0 Å². The van der Waals surface area contributed by atoms with Gasteiger partial charge in [0.15, 0.2) is 0 Å². The second kappa shape index (κ2) is 9.67. The summed E-state index contributed by atoms with van der Waals surface area (Å²) in [5.41, 5.74) is 1.70. The van der Waals surface area contributed by atoms with Crippen molar-refractivity contribution in [2.75, 3.05) is 39.1 Å². The molecule has 8 nitrogen and oxygen atoms in total. The normalized spacial score (nSPS) is 26.4. The fourth-order valence-corrected chi connectivity index (χ4v) is 6.38.